The Kier molecular flexibility index (Phi) is 25.6. The molecule has 5 aromatic rings. The van der Waals surface area contributed by atoms with Gasteiger partial charge in [-0.1, -0.05) is 149 Å². The van der Waals surface area contributed by atoms with Gasteiger partial charge in [-0.15, -0.1) is 0 Å². The molecule has 2 saturated heterocycles. The molecule has 9 rings (SSSR count). The van der Waals surface area contributed by atoms with E-state index in [-0.39, 0.29) is 30.3 Å². The van der Waals surface area contributed by atoms with E-state index in [9.17, 15) is 9.59 Å². The van der Waals surface area contributed by atoms with E-state index in [0.29, 0.717) is 26.1 Å². The lowest BCUT2D eigenvalue weighted by Crippen LogP contribution is -2.41. The Balaban J connectivity index is 0.000000172. The van der Waals surface area contributed by atoms with E-state index in [1.165, 1.54) is 64.8 Å². The number of likely N-dealkylation sites (N-methyl/N-ethyl adjacent to an activating group) is 2. The number of benzene rings is 5. The lowest BCUT2D eigenvalue weighted by molar-refractivity contribution is -0.146. The normalized spacial score (nSPS) is 17.4. The lowest BCUT2D eigenvalue weighted by atomic mass is 9.75. The van der Waals surface area contributed by atoms with Crippen molar-refractivity contribution in [2.75, 3.05) is 67.0 Å². The second kappa shape index (κ2) is 32.2. The first kappa shape index (κ1) is 62.0. The zero-order valence-electron chi connectivity index (χ0n) is 47.9. The van der Waals surface area contributed by atoms with Crippen LogP contribution in [0.15, 0.2) is 156 Å². The Morgan fingerprint density at radius 3 is 1.50 bits per heavy atom. The van der Waals surface area contributed by atoms with E-state index in [4.69, 9.17) is 24.5 Å². The van der Waals surface area contributed by atoms with Crippen molar-refractivity contribution < 1.29 is 28.4 Å². The van der Waals surface area contributed by atoms with Crippen LogP contribution >= 0.6 is 15.9 Å². The summed E-state index contributed by atoms with van der Waals surface area (Å²) in [7, 11) is 6.36. The maximum absolute atomic E-state index is 11.9. The Bertz CT molecular complexity index is 2590. The molecule has 418 valence electrons. The minimum atomic E-state index is -0.220. The van der Waals surface area contributed by atoms with Crippen LogP contribution < -0.4 is 5.73 Å². The number of likely N-dealkylation sites (tertiary alicyclic amines) is 1. The van der Waals surface area contributed by atoms with Gasteiger partial charge in [-0.3, -0.25) is 9.59 Å². The average molecular weight is 1120 g/mol. The number of carbonyl (C=O) groups is 2. The fraction of sp³-hybridized carbons (Fsp3) is 0.455. The number of rotatable bonds is 17. The summed E-state index contributed by atoms with van der Waals surface area (Å²) in [6.07, 6.45) is 14.7. The molecule has 0 atom stereocenters. The monoisotopic (exact) mass is 1120 g/mol. The Labute approximate surface area is 477 Å². The number of aryl methyl sites for hydroxylation is 2. The van der Waals surface area contributed by atoms with Gasteiger partial charge >= 0.3 is 19.1 Å². The van der Waals surface area contributed by atoms with Gasteiger partial charge < -0.3 is 39.2 Å². The summed E-state index contributed by atoms with van der Waals surface area (Å²) in [5.41, 5.74) is 16.6. The van der Waals surface area contributed by atoms with E-state index in [1.54, 1.807) is 0 Å². The fourth-order valence-electron chi connectivity index (χ4n) is 9.52. The molecule has 12 heteroatoms. The molecule has 0 amide bonds. The summed E-state index contributed by atoms with van der Waals surface area (Å²) in [5.74, 6) is 0.510. The summed E-state index contributed by atoms with van der Waals surface area (Å²) in [6, 6.07) is 45.6. The molecular formula is C66H88BBrN4O6. The maximum atomic E-state index is 11.9. The van der Waals surface area contributed by atoms with Crippen molar-refractivity contribution in [1.29, 1.82) is 0 Å². The summed E-state index contributed by atoms with van der Waals surface area (Å²) in [4.78, 5) is 30.5. The molecule has 0 saturated carbocycles. The highest BCUT2D eigenvalue weighted by molar-refractivity contribution is 9.10. The molecule has 0 unspecified atom stereocenters. The highest BCUT2D eigenvalue weighted by atomic mass is 79.9. The number of halogens is 1. The third-order valence-corrected chi connectivity index (χ3v) is 16.0. The number of ether oxygens (including phenoxy) is 2. The number of carbonyl (C=O) groups excluding carboxylic acids is 2. The average Bonchev–Trinajstić information content (AvgIpc) is 3.77. The van der Waals surface area contributed by atoms with Crippen LogP contribution in [0.3, 0.4) is 0 Å². The zero-order valence-corrected chi connectivity index (χ0v) is 49.5. The topological polar surface area (TPSA) is 107 Å². The van der Waals surface area contributed by atoms with E-state index in [1.807, 2.05) is 72.8 Å². The predicted octanol–water partition coefficient (Wildman–Crippen LogP) is 12.9. The van der Waals surface area contributed by atoms with Crippen molar-refractivity contribution >= 4 is 40.6 Å². The molecule has 0 bridgehead atoms. The molecule has 4 aliphatic heterocycles. The largest absolute Gasteiger partial charge is 0.490 e. The van der Waals surface area contributed by atoms with Crippen molar-refractivity contribution in [1.82, 2.24) is 14.7 Å². The number of nitrogens with zero attached hydrogens (tertiary/aromatic N) is 3. The Hall–Kier alpha value is -5.18. The molecular weight excluding hydrogens is 1040 g/mol. The van der Waals surface area contributed by atoms with Crippen LogP contribution in [-0.2, 0) is 60.8 Å². The van der Waals surface area contributed by atoms with Crippen LogP contribution in [0.1, 0.15) is 124 Å². The molecule has 4 heterocycles. The molecule has 5 aromatic carbocycles. The van der Waals surface area contributed by atoms with Crippen LogP contribution in [-0.4, -0.2) is 112 Å². The molecule has 2 N–H and O–H groups in total. The van der Waals surface area contributed by atoms with Gasteiger partial charge in [-0.05, 0) is 194 Å². The first-order valence-electron chi connectivity index (χ1n) is 28.4. The third kappa shape index (κ3) is 21.5. The number of esters is 2. The van der Waals surface area contributed by atoms with Gasteiger partial charge in [0.1, 0.15) is 13.2 Å². The quantitative estimate of drug-likeness (QED) is 0.0714. The first-order chi connectivity index (χ1) is 37.5. The SMILES string of the molecule is CN1CC=C(B2OC(C)(C)C(C)(C)O2)CC1.CN1CC=C(c2ccc(CCCC(=O)OCc3ccccc3)cc2)CC1.CN1CCC(c2ccc(CCN)cc2)CC1.O=C(CCCc1ccc(Br)cc1)OCc1ccccc1. The van der Waals surface area contributed by atoms with E-state index < -0.39 is 0 Å². The van der Waals surface area contributed by atoms with Crippen LogP contribution in [0.25, 0.3) is 5.57 Å². The summed E-state index contributed by atoms with van der Waals surface area (Å²) >= 11 is 3.41. The molecule has 0 spiro atoms. The van der Waals surface area contributed by atoms with Crippen molar-refractivity contribution in [3.05, 3.63) is 195 Å². The highest BCUT2D eigenvalue weighted by Gasteiger charge is 2.52. The van der Waals surface area contributed by atoms with Crippen molar-refractivity contribution in [2.45, 2.75) is 129 Å². The van der Waals surface area contributed by atoms with Crippen LogP contribution in [0, 0.1) is 0 Å². The van der Waals surface area contributed by atoms with Crippen LogP contribution in [0.5, 0.6) is 0 Å². The summed E-state index contributed by atoms with van der Waals surface area (Å²) in [6.45, 7) is 16.6. The van der Waals surface area contributed by atoms with Gasteiger partial charge in [-0.25, -0.2) is 0 Å². The second-order valence-corrected chi connectivity index (χ2v) is 23.2. The van der Waals surface area contributed by atoms with E-state index >= 15 is 0 Å². The van der Waals surface area contributed by atoms with Crippen molar-refractivity contribution in [2.24, 2.45) is 5.73 Å². The molecule has 4 aliphatic rings. The Morgan fingerprint density at radius 2 is 1.04 bits per heavy atom. The third-order valence-electron chi connectivity index (χ3n) is 15.4. The Morgan fingerprint density at radius 1 is 0.577 bits per heavy atom. The molecule has 0 radical (unpaired) electrons. The number of hydrogen-bond donors (Lipinski definition) is 1. The summed E-state index contributed by atoms with van der Waals surface area (Å²) < 4.78 is 23.7. The second-order valence-electron chi connectivity index (χ2n) is 22.3. The standard InChI is InChI=1S/C23H27NO2.C17H17BrO2.C14H22N2.C12H22BNO2/c1-24-16-14-22(15-17-24)21-12-10-19(11-13-21)8-5-9-23(25)26-18-20-6-3-2-4-7-20;18-16-11-9-14(10-12-16)7-4-8-17(19)20-13-15-5-2-1-3-6-15;1-16-10-7-14(8-11-16)13-4-2-12(3-5-13)6-9-15;1-11(2)12(3,4)16-13(15-11)10-6-8-14(5)9-7-10/h2-4,6-7,10-14H,5,8-9,15-18H2,1H3;1-3,5-6,9-12H,4,7-8,13H2;2-5,14H,6-11,15H2,1H3;6H,7-9H2,1-5H3. The van der Waals surface area contributed by atoms with Gasteiger partial charge in [0.2, 0.25) is 0 Å². The van der Waals surface area contributed by atoms with Crippen LogP contribution in [0.4, 0.5) is 0 Å². The van der Waals surface area contributed by atoms with Gasteiger partial charge in [0.25, 0.3) is 0 Å². The zero-order chi connectivity index (χ0) is 55.8. The van der Waals surface area contributed by atoms with Gasteiger partial charge in [0, 0.05) is 43.5 Å². The fourth-order valence-corrected chi connectivity index (χ4v) is 9.79. The van der Waals surface area contributed by atoms with Gasteiger partial charge in [0.15, 0.2) is 0 Å². The smallest absolute Gasteiger partial charge is 0.461 e. The van der Waals surface area contributed by atoms with Crippen molar-refractivity contribution in [3.63, 3.8) is 0 Å². The summed E-state index contributed by atoms with van der Waals surface area (Å²) in [5, 5.41) is 0. The minimum absolute atomic E-state index is 0.123. The number of nitrogens with two attached hydrogens (primary N) is 1. The van der Waals surface area contributed by atoms with E-state index in [2.05, 4.69) is 152 Å². The first-order valence-corrected chi connectivity index (χ1v) is 29.2. The highest BCUT2D eigenvalue weighted by Crippen LogP contribution is 2.39. The molecule has 0 aromatic heterocycles. The van der Waals surface area contributed by atoms with Gasteiger partial charge in [-0.2, -0.15) is 0 Å². The molecule has 78 heavy (non-hydrogen) atoms. The van der Waals surface area contributed by atoms with E-state index in [0.717, 1.165) is 99.2 Å². The minimum Gasteiger partial charge on any atom is -0.461 e. The number of hydrogen-bond acceptors (Lipinski definition) is 10. The van der Waals surface area contributed by atoms with Crippen molar-refractivity contribution in [3.8, 4) is 0 Å². The molecule has 10 nitrogen and oxygen atoms in total. The lowest BCUT2D eigenvalue weighted by Gasteiger charge is -2.32. The van der Waals surface area contributed by atoms with Gasteiger partial charge in [0.05, 0.1) is 11.2 Å². The number of piperidine rings is 1. The molecule has 0 aliphatic carbocycles. The molecule has 2 fully saturated rings. The predicted molar refractivity (Wildman–Crippen MR) is 324 cm³/mol. The van der Waals surface area contributed by atoms with Crippen LogP contribution in [0.2, 0.25) is 0 Å². The maximum Gasteiger partial charge on any atom is 0.490 e.